The first kappa shape index (κ1) is 16.9. The Morgan fingerprint density at radius 3 is 2.62 bits per heavy atom. The van der Waals surface area contributed by atoms with Crippen molar-refractivity contribution in [2.75, 3.05) is 5.43 Å². The van der Waals surface area contributed by atoms with E-state index in [1.165, 1.54) is 4.57 Å². The maximum absolute atomic E-state index is 13.1. The summed E-state index contributed by atoms with van der Waals surface area (Å²) in [6, 6.07) is 5.04. The van der Waals surface area contributed by atoms with Gasteiger partial charge < -0.3 is 0 Å². The highest BCUT2D eigenvalue weighted by molar-refractivity contribution is 6.35. The summed E-state index contributed by atoms with van der Waals surface area (Å²) in [5.74, 6) is 0.422. The molecule has 1 N–H and O–H groups in total. The highest BCUT2D eigenvalue weighted by Gasteiger charge is 2.23. The molecule has 0 fully saturated rings. The maximum atomic E-state index is 13.1. The lowest BCUT2D eigenvalue weighted by molar-refractivity contribution is 0.654. The summed E-state index contributed by atoms with van der Waals surface area (Å²) in [5, 5.41) is 4.90. The zero-order valence-electron chi connectivity index (χ0n) is 14.0. The molecule has 0 atom stereocenters. The first-order valence-corrected chi connectivity index (χ1v) is 8.56. The smallest absolute Gasteiger partial charge is 0.297 e. The standard InChI is InChI=1S/C16H14Cl2N6O2/c1-8-6-23-12-13(19-15(23)21-20-8)22(2)16(26)24(14(12)25)7-9-10(17)4-3-5-11(9)18/h3-5H,6-7H2,1-2H3,(H,19,21). The lowest BCUT2D eigenvalue weighted by atomic mass is 10.2. The zero-order chi connectivity index (χ0) is 18.6. The van der Waals surface area contributed by atoms with E-state index in [1.54, 1.807) is 29.8 Å². The average molecular weight is 393 g/mol. The van der Waals surface area contributed by atoms with E-state index in [2.05, 4.69) is 15.5 Å². The minimum atomic E-state index is -0.494. The Kier molecular flexibility index (Phi) is 3.89. The number of hydrazone groups is 1. The van der Waals surface area contributed by atoms with Crippen molar-refractivity contribution in [1.82, 2.24) is 18.7 Å². The lowest BCUT2D eigenvalue weighted by Crippen LogP contribution is -2.40. The van der Waals surface area contributed by atoms with E-state index in [0.717, 1.165) is 10.3 Å². The van der Waals surface area contributed by atoms with Gasteiger partial charge in [0, 0.05) is 22.7 Å². The molecule has 2 aromatic heterocycles. The van der Waals surface area contributed by atoms with Gasteiger partial charge in [-0.05, 0) is 19.1 Å². The first-order chi connectivity index (χ1) is 12.4. The van der Waals surface area contributed by atoms with Crippen LogP contribution in [0.2, 0.25) is 10.0 Å². The van der Waals surface area contributed by atoms with Crippen LogP contribution < -0.4 is 16.7 Å². The van der Waals surface area contributed by atoms with Crippen LogP contribution in [0.4, 0.5) is 5.95 Å². The molecule has 0 radical (unpaired) electrons. The van der Waals surface area contributed by atoms with Gasteiger partial charge in [-0.2, -0.15) is 10.1 Å². The van der Waals surface area contributed by atoms with Gasteiger partial charge in [-0.25, -0.2) is 10.2 Å². The fourth-order valence-corrected chi connectivity index (χ4v) is 3.52. The number of benzene rings is 1. The van der Waals surface area contributed by atoms with Gasteiger partial charge in [0.25, 0.3) is 5.56 Å². The normalized spacial score (nSPS) is 13.5. The van der Waals surface area contributed by atoms with Crippen molar-refractivity contribution in [1.29, 1.82) is 0 Å². The highest BCUT2D eigenvalue weighted by atomic mass is 35.5. The molecule has 3 aromatic rings. The van der Waals surface area contributed by atoms with Crippen LogP contribution in [-0.2, 0) is 20.1 Å². The molecule has 4 rings (SSSR count). The van der Waals surface area contributed by atoms with Gasteiger partial charge in [-0.1, -0.05) is 29.3 Å². The van der Waals surface area contributed by atoms with Crippen molar-refractivity contribution in [3.8, 4) is 0 Å². The van der Waals surface area contributed by atoms with E-state index >= 15 is 0 Å². The van der Waals surface area contributed by atoms with Crippen molar-refractivity contribution < 1.29 is 0 Å². The number of aryl methyl sites for hydroxylation is 1. The molecular weight excluding hydrogens is 379 g/mol. The summed E-state index contributed by atoms with van der Waals surface area (Å²) in [7, 11) is 1.57. The predicted molar refractivity (Wildman–Crippen MR) is 102 cm³/mol. The third kappa shape index (κ3) is 2.45. The zero-order valence-corrected chi connectivity index (χ0v) is 15.5. The van der Waals surface area contributed by atoms with Gasteiger partial charge in [0.1, 0.15) is 0 Å². The number of nitrogens with zero attached hydrogens (tertiary/aromatic N) is 5. The topological polar surface area (TPSA) is 86.2 Å². The van der Waals surface area contributed by atoms with Crippen molar-refractivity contribution in [3.05, 3.63) is 54.6 Å². The molecule has 1 aliphatic rings. The fraction of sp³-hybridized carbons (Fsp3) is 0.250. The number of halogens is 2. The van der Waals surface area contributed by atoms with E-state index in [0.29, 0.717) is 39.3 Å². The Morgan fingerprint density at radius 1 is 1.23 bits per heavy atom. The Labute approximate surface area is 157 Å². The summed E-state index contributed by atoms with van der Waals surface area (Å²) < 4.78 is 4.17. The van der Waals surface area contributed by atoms with Crippen LogP contribution in [0.3, 0.4) is 0 Å². The summed E-state index contributed by atoms with van der Waals surface area (Å²) in [6.07, 6.45) is 0. The number of imidazole rings is 1. The molecule has 0 saturated carbocycles. The second kappa shape index (κ2) is 6.00. The Bertz CT molecular complexity index is 1180. The highest BCUT2D eigenvalue weighted by Crippen LogP contribution is 2.25. The summed E-state index contributed by atoms with van der Waals surface area (Å²) >= 11 is 12.4. The number of rotatable bonds is 2. The Morgan fingerprint density at radius 2 is 1.92 bits per heavy atom. The van der Waals surface area contributed by atoms with Gasteiger partial charge in [0.15, 0.2) is 11.2 Å². The minimum absolute atomic E-state index is 0.0268. The first-order valence-electron chi connectivity index (χ1n) is 7.80. The molecule has 1 aliphatic heterocycles. The van der Waals surface area contributed by atoms with Crippen LogP contribution >= 0.6 is 23.2 Å². The molecule has 0 bridgehead atoms. The maximum Gasteiger partial charge on any atom is 0.332 e. The second-order valence-electron chi connectivity index (χ2n) is 6.09. The predicted octanol–water partition coefficient (Wildman–Crippen LogP) is 2.05. The van der Waals surface area contributed by atoms with Gasteiger partial charge in [-0.3, -0.25) is 18.5 Å². The molecule has 26 heavy (non-hydrogen) atoms. The number of hydrogen-bond acceptors (Lipinski definition) is 5. The minimum Gasteiger partial charge on any atom is -0.297 e. The SMILES string of the molecule is CC1=NNc2nc3c(c(=O)n(Cc4c(Cl)cccc4Cl)c(=O)n3C)n2C1. The molecule has 134 valence electrons. The summed E-state index contributed by atoms with van der Waals surface area (Å²) in [4.78, 5) is 30.2. The Hall–Kier alpha value is -2.58. The quantitative estimate of drug-likeness (QED) is 0.722. The lowest BCUT2D eigenvalue weighted by Gasteiger charge is -2.14. The summed E-state index contributed by atoms with van der Waals surface area (Å²) in [6.45, 7) is 2.23. The molecular formula is C16H14Cl2N6O2. The summed E-state index contributed by atoms with van der Waals surface area (Å²) in [5.41, 5.74) is 3.79. The van der Waals surface area contributed by atoms with Crippen molar-refractivity contribution in [3.63, 3.8) is 0 Å². The van der Waals surface area contributed by atoms with Crippen LogP contribution in [0.5, 0.6) is 0 Å². The van der Waals surface area contributed by atoms with E-state index in [-0.39, 0.29) is 6.54 Å². The van der Waals surface area contributed by atoms with Crippen molar-refractivity contribution in [2.24, 2.45) is 12.1 Å². The molecule has 0 saturated heterocycles. The van der Waals surface area contributed by atoms with Crippen molar-refractivity contribution in [2.45, 2.75) is 20.0 Å². The van der Waals surface area contributed by atoms with Gasteiger partial charge >= 0.3 is 5.69 Å². The molecule has 0 aliphatic carbocycles. The van der Waals surface area contributed by atoms with Gasteiger partial charge in [0.2, 0.25) is 5.95 Å². The van der Waals surface area contributed by atoms with E-state index in [1.807, 2.05) is 6.92 Å². The molecule has 0 spiro atoms. The average Bonchev–Trinajstić information content (AvgIpc) is 2.98. The molecule has 0 unspecified atom stereocenters. The number of aromatic nitrogens is 4. The number of anilines is 1. The van der Waals surface area contributed by atoms with Crippen LogP contribution in [0.1, 0.15) is 12.5 Å². The molecule has 0 amide bonds. The fourth-order valence-electron chi connectivity index (χ4n) is 3.00. The number of hydrogen-bond donors (Lipinski definition) is 1. The van der Waals surface area contributed by atoms with E-state index in [4.69, 9.17) is 23.2 Å². The van der Waals surface area contributed by atoms with Crippen molar-refractivity contribution >= 4 is 46.0 Å². The number of fused-ring (bicyclic) bond motifs is 3. The van der Waals surface area contributed by atoms with Crippen LogP contribution in [-0.4, -0.2) is 24.4 Å². The third-order valence-electron chi connectivity index (χ3n) is 4.34. The molecule has 1 aromatic carbocycles. The monoisotopic (exact) mass is 392 g/mol. The second-order valence-corrected chi connectivity index (χ2v) is 6.90. The van der Waals surface area contributed by atoms with E-state index in [9.17, 15) is 9.59 Å². The third-order valence-corrected chi connectivity index (χ3v) is 5.05. The van der Waals surface area contributed by atoms with Crippen LogP contribution in [0, 0.1) is 0 Å². The van der Waals surface area contributed by atoms with Gasteiger partial charge in [-0.15, -0.1) is 0 Å². The van der Waals surface area contributed by atoms with E-state index < -0.39 is 11.2 Å². The Balaban J connectivity index is 1.99. The molecule has 8 nitrogen and oxygen atoms in total. The molecule has 10 heteroatoms. The van der Waals surface area contributed by atoms with Crippen LogP contribution in [0.25, 0.3) is 11.2 Å². The number of nitrogens with one attached hydrogen (secondary N) is 1. The van der Waals surface area contributed by atoms with Crippen LogP contribution in [0.15, 0.2) is 32.9 Å². The molecule has 3 heterocycles. The van der Waals surface area contributed by atoms with Gasteiger partial charge in [0.05, 0.1) is 18.8 Å². The largest absolute Gasteiger partial charge is 0.332 e.